The lowest BCUT2D eigenvalue weighted by atomic mass is 9.91. The molecule has 3 heterocycles. The molecule has 120 valence electrons. The average Bonchev–Trinajstić information content (AvgIpc) is 3.11. The highest BCUT2D eigenvalue weighted by Crippen LogP contribution is 2.38. The summed E-state index contributed by atoms with van der Waals surface area (Å²) >= 11 is 0. The number of H-pyrrole nitrogens is 1. The van der Waals surface area contributed by atoms with Gasteiger partial charge in [-0.1, -0.05) is 5.16 Å². The molecule has 22 heavy (non-hydrogen) atoms. The number of hydrogen-bond donors (Lipinski definition) is 2. The van der Waals surface area contributed by atoms with Gasteiger partial charge in [-0.3, -0.25) is 10.00 Å². The van der Waals surface area contributed by atoms with E-state index in [2.05, 4.69) is 25.3 Å². The van der Waals surface area contributed by atoms with Crippen LogP contribution in [0.4, 0.5) is 13.2 Å². The number of piperidine rings is 1. The first-order valence-electron chi connectivity index (χ1n) is 6.57. The van der Waals surface area contributed by atoms with E-state index in [0.29, 0.717) is 5.82 Å². The second-order valence-electron chi connectivity index (χ2n) is 5.15. The number of halogens is 3. The summed E-state index contributed by atoms with van der Waals surface area (Å²) in [5, 5.41) is 19.6. The van der Waals surface area contributed by atoms with Crippen LogP contribution in [0.15, 0.2) is 10.9 Å². The second kappa shape index (κ2) is 5.32. The van der Waals surface area contributed by atoms with Crippen molar-refractivity contribution in [2.75, 3.05) is 13.1 Å². The van der Waals surface area contributed by atoms with Crippen molar-refractivity contribution in [2.24, 2.45) is 0 Å². The third kappa shape index (κ3) is 2.81. The maximum atomic E-state index is 12.7. The monoisotopic (exact) mass is 318 g/mol. The van der Waals surface area contributed by atoms with E-state index in [0.717, 1.165) is 0 Å². The van der Waals surface area contributed by atoms with Crippen molar-refractivity contribution < 1.29 is 22.8 Å². The topological polar surface area (TPSA) is 104 Å². The molecule has 2 N–H and O–H groups in total. The minimum absolute atomic E-state index is 0.0933. The number of aliphatic hydroxyl groups is 1. The lowest BCUT2D eigenvalue weighted by Crippen LogP contribution is -2.53. The minimum Gasteiger partial charge on any atom is -0.380 e. The van der Waals surface area contributed by atoms with Crippen LogP contribution in [0.5, 0.6) is 0 Å². The van der Waals surface area contributed by atoms with E-state index in [1.54, 1.807) is 4.90 Å². The SMILES string of the molecule is OC1(C(F)(F)F)CCN(Cc2nc(-c3ncn[nH]3)no2)CC1. The van der Waals surface area contributed by atoms with Gasteiger partial charge in [-0.15, -0.1) is 0 Å². The normalized spacial score (nSPS) is 19.5. The fourth-order valence-corrected chi connectivity index (χ4v) is 2.28. The van der Waals surface area contributed by atoms with Crippen LogP contribution >= 0.6 is 0 Å². The highest BCUT2D eigenvalue weighted by Gasteiger charge is 2.54. The first-order chi connectivity index (χ1) is 10.4. The van der Waals surface area contributed by atoms with Gasteiger partial charge in [0.05, 0.1) is 6.54 Å². The molecular formula is C11H13F3N6O2. The maximum Gasteiger partial charge on any atom is 0.417 e. The Morgan fingerprint density at radius 1 is 1.36 bits per heavy atom. The van der Waals surface area contributed by atoms with Gasteiger partial charge in [0.2, 0.25) is 11.7 Å². The van der Waals surface area contributed by atoms with Crippen molar-refractivity contribution in [3.05, 3.63) is 12.2 Å². The molecule has 0 bridgehead atoms. The molecule has 1 fully saturated rings. The van der Waals surface area contributed by atoms with Crippen LogP contribution in [0, 0.1) is 0 Å². The van der Waals surface area contributed by atoms with E-state index >= 15 is 0 Å². The van der Waals surface area contributed by atoms with Gasteiger partial charge in [-0.2, -0.15) is 23.3 Å². The zero-order valence-corrected chi connectivity index (χ0v) is 11.3. The van der Waals surface area contributed by atoms with Crippen LogP contribution in [-0.4, -0.2) is 60.2 Å². The zero-order valence-electron chi connectivity index (χ0n) is 11.3. The summed E-state index contributed by atoms with van der Waals surface area (Å²) in [6, 6.07) is 0. The van der Waals surface area contributed by atoms with Crippen molar-refractivity contribution in [2.45, 2.75) is 31.2 Å². The minimum atomic E-state index is -4.61. The molecule has 1 aliphatic heterocycles. The van der Waals surface area contributed by atoms with Gasteiger partial charge in [0.25, 0.3) is 0 Å². The summed E-state index contributed by atoms with van der Waals surface area (Å²) in [6.07, 6.45) is -4.06. The standard InChI is InChI=1S/C11H13F3N6O2/c12-11(13,14)10(21)1-3-20(4-2-10)5-7-17-9(19-22-7)8-15-6-16-18-8/h6,21H,1-5H2,(H,15,16,18). The smallest absolute Gasteiger partial charge is 0.380 e. The number of likely N-dealkylation sites (tertiary alicyclic amines) is 1. The molecule has 1 aliphatic rings. The van der Waals surface area contributed by atoms with Gasteiger partial charge in [-0.05, 0) is 12.8 Å². The van der Waals surface area contributed by atoms with Crippen molar-refractivity contribution >= 4 is 0 Å². The molecule has 0 saturated carbocycles. The third-order valence-electron chi connectivity index (χ3n) is 3.66. The maximum absolute atomic E-state index is 12.7. The van der Waals surface area contributed by atoms with Crippen molar-refractivity contribution in [1.82, 2.24) is 30.2 Å². The molecular weight excluding hydrogens is 305 g/mol. The van der Waals surface area contributed by atoms with E-state index in [1.807, 2.05) is 0 Å². The van der Waals surface area contributed by atoms with Gasteiger partial charge in [0, 0.05) is 13.1 Å². The van der Waals surface area contributed by atoms with E-state index in [4.69, 9.17) is 4.52 Å². The summed E-state index contributed by atoms with van der Waals surface area (Å²) in [7, 11) is 0. The zero-order chi connectivity index (χ0) is 15.8. The Labute approximate surface area is 122 Å². The number of hydrogen-bond acceptors (Lipinski definition) is 7. The van der Waals surface area contributed by atoms with Gasteiger partial charge < -0.3 is 9.63 Å². The molecule has 0 aromatic carbocycles. The van der Waals surface area contributed by atoms with Crippen LogP contribution in [0.1, 0.15) is 18.7 Å². The molecule has 2 aromatic rings. The first kappa shape index (κ1) is 14.9. The number of rotatable bonds is 3. The number of alkyl halides is 3. The summed E-state index contributed by atoms with van der Waals surface area (Å²) in [6.45, 7) is 0.404. The Kier molecular flexibility index (Phi) is 3.60. The molecule has 2 aromatic heterocycles. The number of nitrogens with zero attached hydrogens (tertiary/aromatic N) is 5. The molecule has 8 nitrogen and oxygen atoms in total. The second-order valence-corrected chi connectivity index (χ2v) is 5.15. The van der Waals surface area contributed by atoms with E-state index in [-0.39, 0.29) is 44.2 Å². The number of aromatic amines is 1. The van der Waals surface area contributed by atoms with E-state index < -0.39 is 11.8 Å². The molecule has 0 atom stereocenters. The molecule has 0 spiro atoms. The summed E-state index contributed by atoms with van der Waals surface area (Å²) < 4.78 is 43.2. The van der Waals surface area contributed by atoms with Crippen LogP contribution < -0.4 is 0 Å². The molecule has 3 rings (SSSR count). The Morgan fingerprint density at radius 2 is 2.09 bits per heavy atom. The molecule has 0 radical (unpaired) electrons. The van der Waals surface area contributed by atoms with Gasteiger partial charge in [0.1, 0.15) is 6.33 Å². The molecule has 1 saturated heterocycles. The summed E-state index contributed by atoms with van der Waals surface area (Å²) in [5.74, 6) is 0.847. The van der Waals surface area contributed by atoms with Crippen molar-refractivity contribution in [3.8, 4) is 11.6 Å². The van der Waals surface area contributed by atoms with Crippen LogP contribution in [-0.2, 0) is 6.54 Å². The van der Waals surface area contributed by atoms with Crippen molar-refractivity contribution in [3.63, 3.8) is 0 Å². The predicted molar refractivity (Wildman–Crippen MR) is 65.2 cm³/mol. The third-order valence-corrected chi connectivity index (χ3v) is 3.66. The molecule has 0 aliphatic carbocycles. The Balaban J connectivity index is 1.60. The summed E-state index contributed by atoms with van der Waals surface area (Å²) in [4.78, 5) is 9.68. The van der Waals surface area contributed by atoms with Gasteiger partial charge in [0.15, 0.2) is 11.4 Å². The number of nitrogens with one attached hydrogen (secondary N) is 1. The quantitative estimate of drug-likeness (QED) is 0.860. The Bertz CT molecular complexity index is 618. The largest absolute Gasteiger partial charge is 0.417 e. The molecule has 11 heteroatoms. The fraction of sp³-hybridized carbons (Fsp3) is 0.636. The van der Waals surface area contributed by atoms with Crippen LogP contribution in [0.3, 0.4) is 0 Å². The summed E-state index contributed by atoms with van der Waals surface area (Å²) in [5.41, 5.74) is -2.61. The molecule has 0 unspecified atom stereocenters. The van der Waals surface area contributed by atoms with E-state index in [1.165, 1.54) is 6.33 Å². The van der Waals surface area contributed by atoms with Gasteiger partial charge in [-0.25, -0.2) is 4.98 Å². The lowest BCUT2D eigenvalue weighted by Gasteiger charge is -2.38. The Hall–Kier alpha value is -2.01. The highest BCUT2D eigenvalue weighted by molar-refractivity contribution is 5.39. The number of aromatic nitrogens is 5. The van der Waals surface area contributed by atoms with Gasteiger partial charge >= 0.3 is 6.18 Å². The molecule has 0 amide bonds. The van der Waals surface area contributed by atoms with E-state index in [9.17, 15) is 18.3 Å². The average molecular weight is 318 g/mol. The first-order valence-corrected chi connectivity index (χ1v) is 6.57. The lowest BCUT2D eigenvalue weighted by molar-refractivity contribution is -0.273. The Morgan fingerprint density at radius 3 is 2.68 bits per heavy atom. The van der Waals surface area contributed by atoms with Crippen LogP contribution in [0.25, 0.3) is 11.6 Å². The highest BCUT2D eigenvalue weighted by atomic mass is 19.4. The van der Waals surface area contributed by atoms with Crippen LogP contribution in [0.2, 0.25) is 0 Å². The van der Waals surface area contributed by atoms with Crippen molar-refractivity contribution in [1.29, 1.82) is 0 Å². The fourth-order valence-electron chi connectivity index (χ4n) is 2.28. The predicted octanol–water partition coefficient (Wildman–Crippen LogP) is 0.744.